The highest BCUT2D eigenvalue weighted by atomic mass is 19.2. The van der Waals surface area contributed by atoms with Gasteiger partial charge in [0.25, 0.3) is 5.91 Å². The molecule has 1 N–H and O–H groups in total. The van der Waals surface area contributed by atoms with Gasteiger partial charge in [-0.2, -0.15) is 0 Å². The fourth-order valence-corrected chi connectivity index (χ4v) is 2.96. The third-order valence-electron chi connectivity index (χ3n) is 4.41. The summed E-state index contributed by atoms with van der Waals surface area (Å²) >= 11 is 0. The number of amides is 1. The van der Waals surface area contributed by atoms with Gasteiger partial charge in [-0.25, -0.2) is 8.78 Å². The van der Waals surface area contributed by atoms with Crippen molar-refractivity contribution < 1.29 is 13.6 Å². The van der Waals surface area contributed by atoms with Gasteiger partial charge >= 0.3 is 0 Å². The van der Waals surface area contributed by atoms with E-state index in [9.17, 15) is 13.6 Å². The Hall–Kier alpha value is -2.56. The molecule has 1 heterocycles. The van der Waals surface area contributed by atoms with Gasteiger partial charge in [-0.15, -0.1) is 0 Å². The molecule has 0 radical (unpaired) electrons. The Labute approximate surface area is 138 Å². The summed E-state index contributed by atoms with van der Waals surface area (Å²) in [5, 5.41) is 2.94. The summed E-state index contributed by atoms with van der Waals surface area (Å²) in [4.78, 5) is 16.8. The Morgan fingerprint density at radius 3 is 2.75 bits per heavy atom. The van der Waals surface area contributed by atoms with E-state index in [1.54, 1.807) is 12.1 Å². The average molecular weight is 326 g/mol. The zero-order valence-electron chi connectivity index (χ0n) is 13.0. The van der Waals surface area contributed by atoms with Gasteiger partial charge in [0, 0.05) is 23.7 Å². The molecule has 2 aromatic rings. The maximum atomic E-state index is 14.1. The summed E-state index contributed by atoms with van der Waals surface area (Å²) in [6.45, 7) is 0.564. The molecular formula is C19H16F2N2O. The van der Waals surface area contributed by atoms with Crippen LogP contribution in [0.4, 0.5) is 8.78 Å². The number of carbonyl (C=O) groups excluding carboxylic acids is 1. The molecule has 0 aromatic heterocycles. The molecule has 2 aliphatic rings. The minimum absolute atomic E-state index is 0.185. The van der Waals surface area contributed by atoms with E-state index in [0.29, 0.717) is 23.4 Å². The molecule has 0 bridgehead atoms. The summed E-state index contributed by atoms with van der Waals surface area (Å²) in [6.07, 6.45) is 2.74. The molecule has 4 rings (SSSR count). The van der Waals surface area contributed by atoms with Gasteiger partial charge in [-0.05, 0) is 42.5 Å². The number of nitrogens with zero attached hydrogens (tertiary/aromatic N) is 1. The molecule has 3 nitrogen and oxygen atoms in total. The van der Waals surface area contributed by atoms with E-state index >= 15 is 0 Å². The van der Waals surface area contributed by atoms with Gasteiger partial charge in [-0.3, -0.25) is 9.79 Å². The summed E-state index contributed by atoms with van der Waals surface area (Å²) in [5.74, 6) is -1.95. The molecule has 1 amide bonds. The van der Waals surface area contributed by atoms with Crippen LogP contribution >= 0.6 is 0 Å². The summed E-state index contributed by atoms with van der Waals surface area (Å²) in [5.41, 5.74) is 2.83. The summed E-state index contributed by atoms with van der Waals surface area (Å²) < 4.78 is 27.6. The second kappa shape index (κ2) is 5.82. The normalized spacial score (nSPS) is 16.3. The predicted molar refractivity (Wildman–Crippen MR) is 88.1 cm³/mol. The minimum atomic E-state index is -0.884. The first kappa shape index (κ1) is 15.0. The zero-order chi connectivity index (χ0) is 16.7. The Morgan fingerprint density at radius 1 is 1.12 bits per heavy atom. The van der Waals surface area contributed by atoms with Crippen molar-refractivity contribution >= 4 is 11.6 Å². The molecule has 0 unspecified atom stereocenters. The third kappa shape index (κ3) is 2.70. The van der Waals surface area contributed by atoms with Crippen LogP contribution in [0.25, 0.3) is 11.1 Å². The Balaban J connectivity index is 1.75. The van der Waals surface area contributed by atoms with E-state index in [-0.39, 0.29) is 17.5 Å². The van der Waals surface area contributed by atoms with Crippen molar-refractivity contribution in [2.24, 2.45) is 4.99 Å². The number of carbonyl (C=O) groups is 1. The van der Waals surface area contributed by atoms with E-state index < -0.39 is 11.6 Å². The van der Waals surface area contributed by atoms with E-state index in [0.717, 1.165) is 30.9 Å². The van der Waals surface area contributed by atoms with Crippen molar-refractivity contribution in [2.45, 2.75) is 25.3 Å². The Morgan fingerprint density at radius 2 is 1.96 bits per heavy atom. The standard InChI is InChI=1S/C19H16F2N2O/c20-16-3-1-2-14(17(16)21)12-5-4-11-8-9-22-18(15(11)10-12)19(24)23-13-6-7-13/h1-5,10,13H,6-9H2,(H,23,24). The van der Waals surface area contributed by atoms with Gasteiger partial charge in [-0.1, -0.05) is 24.3 Å². The van der Waals surface area contributed by atoms with Crippen molar-refractivity contribution in [3.8, 4) is 11.1 Å². The van der Waals surface area contributed by atoms with Crippen LogP contribution in [0.15, 0.2) is 41.4 Å². The molecule has 1 fully saturated rings. The van der Waals surface area contributed by atoms with E-state index in [2.05, 4.69) is 10.3 Å². The second-order valence-electron chi connectivity index (χ2n) is 6.20. The van der Waals surface area contributed by atoms with Crippen molar-refractivity contribution in [1.82, 2.24) is 5.32 Å². The lowest BCUT2D eigenvalue weighted by Gasteiger charge is -2.18. The Bertz CT molecular complexity index is 856. The number of rotatable bonds is 3. The fourth-order valence-electron chi connectivity index (χ4n) is 2.96. The summed E-state index contributed by atoms with van der Waals surface area (Å²) in [6, 6.07) is 9.71. The zero-order valence-corrected chi connectivity index (χ0v) is 13.0. The molecule has 122 valence electrons. The van der Waals surface area contributed by atoms with Crippen LogP contribution in [-0.4, -0.2) is 24.2 Å². The van der Waals surface area contributed by atoms with Crippen molar-refractivity contribution in [3.05, 3.63) is 59.2 Å². The van der Waals surface area contributed by atoms with Crippen molar-refractivity contribution in [1.29, 1.82) is 0 Å². The average Bonchev–Trinajstić information content (AvgIpc) is 3.40. The van der Waals surface area contributed by atoms with Crippen LogP contribution in [0, 0.1) is 11.6 Å². The van der Waals surface area contributed by atoms with Crippen LogP contribution in [0.3, 0.4) is 0 Å². The topological polar surface area (TPSA) is 41.5 Å². The summed E-state index contributed by atoms with van der Waals surface area (Å²) in [7, 11) is 0. The van der Waals surface area contributed by atoms with E-state index in [1.165, 1.54) is 12.1 Å². The number of halogens is 2. The molecule has 1 aliphatic carbocycles. The van der Waals surface area contributed by atoms with E-state index in [1.807, 2.05) is 6.07 Å². The van der Waals surface area contributed by atoms with Crippen molar-refractivity contribution in [2.75, 3.05) is 6.54 Å². The quantitative estimate of drug-likeness (QED) is 0.924. The predicted octanol–water partition coefficient (Wildman–Crippen LogP) is 3.26. The monoisotopic (exact) mass is 326 g/mol. The fraction of sp³-hybridized carbons (Fsp3) is 0.263. The largest absolute Gasteiger partial charge is 0.348 e. The van der Waals surface area contributed by atoms with Gasteiger partial charge in [0.15, 0.2) is 11.6 Å². The van der Waals surface area contributed by atoms with Gasteiger partial charge in [0.2, 0.25) is 0 Å². The number of hydrogen-bond donors (Lipinski definition) is 1. The van der Waals surface area contributed by atoms with Gasteiger partial charge < -0.3 is 5.32 Å². The van der Waals surface area contributed by atoms with Crippen LogP contribution in [-0.2, 0) is 11.2 Å². The molecule has 1 saturated carbocycles. The van der Waals surface area contributed by atoms with Gasteiger partial charge in [0.05, 0.1) is 0 Å². The number of benzene rings is 2. The highest BCUT2D eigenvalue weighted by Crippen LogP contribution is 2.28. The molecule has 24 heavy (non-hydrogen) atoms. The first-order chi connectivity index (χ1) is 11.6. The molecule has 0 spiro atoms. The highest BCUT2D eigenvalue weighted by molar-refractivity contribution is 6.46. The molecule has 0 saturated heterocycles. The molecule has 5 heteroatoms. The van der Waals surface area contributed by atoms with Gasteiger partial charge in [0.1, 0.15) is 5.71 Å². The molecule has 1 aliphatic heterocycles. The third-order valence-corrected chi connectivity index (χ3v) is 4.41. The van der Waals surface area contributed by atoms with Crippen LogP contribution in [0.5, 0.6) is 0 Å². The first-order valence-corrected chi connectivity index (χ1v) is 8.06. The van der Waals surface area contributed by atoms with Crippen LogP contribution < -0.4 is 5.32 Å². The lowest BCUT2D eigenvalue weighted by molar-refractivity contribution is -0.114. The lowest BCUT2D eigenvalue weighted by Crippen LogP contribution is -2.35. The lowest BCUT2D eigenvalue weighted by atomic mass is 9.92. The second-order valence-corrected chi connectivity index (χ2v) is 6.20. The number of aliphatic imine (C=N–C) groups is 1. The number of nitrogens with one attached hydrogen (secondary N) is 1. The highest BCUT2D eigenvalue weighted by Gasteiger charge is 2.28. The number of hydrogen-bond acceptors (Lipinski definition) is 2. The molecule has 2 aromatic carbocycles. The maximum absolute atomic E-state index is 14.1. The minimum Gasteiger partial charge on any atom is -0.348 e. The first-order valence-electron chi connectivity index (χ1n) is 8.06. The molecular weight excluding hydrogens is 310 g/mol. The van der Waals surface area contributed by atoms with E-state index in [4.69, 9.17) is 0 Å². The SMILES string of the molecule is O=C(NC1CC1)C1=NCCc2ccc(-c3cccc(F)c3F)cc21. The Kier molecular flexibility index (Phi) is 3.63. The van der Waals surface area contributed by atoms with Crippen molar-refractivity contribution in [3.63, 3.8) is 0 Å². The van der Waals surface area contributed by atoms with Crippen LogP contribution in [0.1, 0.15) is 24.0 Å². The maximum Gasteiger partial charge on any atom is 0.270 e. The number of fused-ring (bicyclic) bond motifs is 1. The smallest absolute Gasteiger partial charge is 0.270 e. The molecule has 0 atom stereocenters. The van der Waals surface area contributed by atoms with Crippen LogP contribution in [0.2, 0.25) is 0 Å².